The minimum Gasteiger partial charge on any atom is -0.207 e. The molecular formula is C20H28F4. The highest BCUT2D eigenvalue weighted by Gasteiger charge is 2.32. The van der Waals surface area contributed by atoms with E-state index < -0.39 is 17.6 Å². The highest BCUT2D eigenvalue weighted by molar-refractivity contribution is 5.29. The van der Waals surface area contributed by atoms with Crippen molar-refractivity contribution in [1.82, 2.24) is 0 Å². The Kier molecular flexibility index (Phi) is 7.12. The zero-order valence-electron chi connectivity index (χ0n) is 14.5. The van der Waals surface area contributed by atoms with Gasteiger partial charge in [0.05, 0.1) is 5.56 Å². The Balaban J connectivity index is 1.82. The predicted octanol–water partition coefficient (Wildman–Crippen LogP) is 7.48. The maximum absolute atomic E-state index is 14.1. The standard InChI is InChI=1S/C20H28F4/c1-2-3-4-5-6-7-15-8-10-16(11-9-15)18-13-12-17(14-19(18)21)20(22,23)24/h12-16H,2-11H2,1H3. The molecule has 0 amide bonds. The van der Waals surface area contributed by atoms with Crippen molar-refractivity contribution in [3.63, 3.8) is 0 Å². The monoisotopic (exact) mass is 344 g/mol. The van der Waals surface area contributed by atoms with Gasteiger partial charge >= 0.3 is 6.18 Å². The molecule has 0 spiro atoms. The molecule has 0 saturated heterocycles. The number of hydrogen-bond donors (Lipinski definition) is 0. The first-order valence-corrected chi connectivity index (χ1v) is 9.28. The summed E-state index contributed by atoms with van der Waals surface area (Å²) in [6.07, 6.45) is 7.11. The molecule has 0 N–H and O–H groups in total. The van der Waals surface area contributed by atoms with Crippen LogP contribution >= 0.6 is 0 Å². The van der Waals surface area contributed by atoms with Gasteiger partial charge in [0.25, 0.3) is 0 Å². The Hall–Kier alpha value is -1.06. The molecular weight excluding hydrogens is 316 g/mol. The Morgan fingerprint density at radius 1 is 0.958 bits per heavy atom. The molecule has 0 aromatic heterocycles. The first-order chi connectivity index (χ1) is 11.4. The summed E-state index contributed by atoms with van der Waals surface area (Å²) in [5.41, 5.74) is -0.436. The Morgan fingerprint density at radius 3 is 2.21 bits per heavy atom. The largest absolute Gasteiger partial charge is 0.416 e. The average Bonchev–Trinajstić information content (AvgIpc) is 2.54. The van der Waals surface area contributed by atoms with Gasteiger partial charge in [0.1, 0.15) is 5.82 Å². The van der Waals surface area contributed by atoms with Crippen LogP contribution in [0, 0.1) is 11.7 Å². The maximum atomic E-state index is 14.1. The number of alkyl halides is 3. The van der Waals surface area contributed by atoms with E-state index in [0.29, 0.717) is 17.5 Å². The van der Waals surface area contributed by atoms with Gasteiger partial charge < -0.3 is 0 Å². The lowest BCUT2D eigenvalue weighted by Crippen LogP contribution is -2.15. The van der Waals surface area contributed by atoms with E-state index in [1.807, 2.05) is 0 Å². The van der Waals surface area contributed by atoms with E-state index >= 15 is 0 Å². The van der Waals surface area contributed by atoms with E-state index in [4.69, 9.17) is 0 Å². The molecule has 0 aliphatic heterocycles. The van der Waals surface area contributed by atoms with E-state index in [2.05, 4.69) is 6.92 Å². The topological polar surface area (TPSA) is 0 Å². The Morgan fingerprint density at radius 2 is 1.62 bits per heavy atom. The van der Waals surface area contributed by atoms with Gasteiger partial charge in [-0.05, 0) is 55.2 Å². The average molecular weight is 344 g/mol. The van der Waals surface area contributed by atoms with Crippen LogP contribution in [-0.4, -0.2) is 0 Å². The van der Waals surface area contributed by atoms with Crippen molar-refractivity contribution in [2.45, 2.75) is 83.2 Å². The van der Waals surface area contributed by atoms with Crippen LogP contribution in [0.1, 0.15) is 88.2 Å². The third-order valence-corrected chi connectivity index (χ3v) is 5.33. The van der Waals surface area contributed by atoms with Crippen molar-refractivity contribution in [2.24, 2.45) is 5.92 Å². The van der Waals surface area contributed by atoms with Gasteiger partial charge in [0.2, 0.25) is 0 Å². The first-order valence-electron chi connectivity index (χ1n) is 9.28. The lowest BCUT2D eigenvalue weighted by Gasteiger charge is -2.29. The molecule has 4 heteroatoms. The Bertz CT molecular complexity index is 499. The fourth-order valence-electron chi connectivity index (χ4n) is 3.83. The SMILES string of the molecule is CCCCCCCC1CCC(c2ccc(C(F)(F)F)cc2F)CC1. The van der Waals surface area contributed by atoms with Gasteiger partial charge in [-0.15, -0.1) is 0 Å². The van der Waals surface area contributed by atoms with Crippen LogP contribution in [-0.2, 0) is 6.18 Å². The van der Waals surface area contributed by atoms with Crippen LogP contribution in [0.2, 0.25) is 0 Å². The summed E-state index contributed by atoms with van der Waals surface area (Å²) in [5, 5.41) is 0. The lowest BCUT2D eigenvalue weighted by molar-refractivity contribution is -0.137. The number of halogens is 4. The predicted molar refractivity (Wildman–Crippen MR) is 89.5 cm³/mol. The summed E-state index contributed by atoms with van der Waals surface area (Å²) in [5.74, 6) is 0.0804. The van der Waals surface area contributed by atoms with E-state index in [1.165, 1.54) is 44.6 Å². The molecule has 2 rings (SSSR count). The van der Waals surface area contributed by atoms with Gasteiger partial charge in [-0.3, -0.25) is 0 Å². The normalized spacial score (nSPS) is 21.9. The van der Waals surface area contributed by atoms with Crippen molar-refractivity contribution >= 4 is 0 Å². The van der Waals surface area contributed by atoms with Crippen LogP contribution < -0.4 is 0 Å². The minimum atomic E-state index is -4.48. The third kappa shape index (κ3) is 5.49. The van der Waals surface area contributed by atoms with Gasteiger partial charge in [-0.2, -0.15) is 13.2 Å². The highest BCUT2D eigenvalue weighted by Crippen LogP contribution is 2.40. The number of benzene rings is 1. The molecule has 24 heavy (non-hydrogen) atoms. The summed E-state index contributed by atoms with van der Waals surface area (Å²) in [7, 11) is 0. The molecule has 0 atom stereocenters. The van der Waals surface area contributed by atoms with Gasteiger partial charge in [-0.25, -0.2) is 4.39 Å². The summed E-state index contributed by atoms with van der Waals surface area (Å²) in [6.45, 7) is 2.21. The van der Waals surface area contributed by atoms with E-state index in [0.717, 1.165) is 31.7 Å². The summed E-state index contributed by atoms with van der Waals surface area (Å²) in [4.78, 5) is 0. The second-order valence-corrected chi connectivity index (χ2v) is 7.15. The molecule has 1 aromatic carbocycles. The van der Waals surface area contributed by atoms with E-state index in [-0.39, 0.29) is 5.92 Å². The van der Waals surface area contributed by atoms with Crippen LogP contribution in [0.3, 0.4) is 0 Å². The highest BCUT2D eigenvalue weighted by atomic mass is 19.4. The van der Waals surface area contributed by atoms with Gasteiger partial charge in [-0.1, -0.05) is 51.5 Å². The lowest BCUT2D eigenvalue weighted by atomic mass is 9.76. The second kappa shape index (κ2) is 8.87. The molecule has 0 bridgehead atoms. The minimum absolute atomic E-state index is 0.0728. The van der Waals surface area contributed by atoms with Crippen molar-refractivity contribution in [2.75, 3.05) is 0 Å². The quantitative estimate of drug-likeness (QED) is 0.355. The third-order valence-electron chi connectivity index (χ3n) is 5.33. The smallest absolute Gasteiger partial charge is 0.207 e. The molecule has 1 saturated carbocycles. The van der Waals surface area contributed by atoms with Crippen LogP contribution in [0.25, 0.3) is 0 Å². The number of rotatable bonds is 7. The summed E-state index contributed by atoms with van der Waals surface area (Å²) in [6, 6.07) is 3.00. The van der Waals surface area contributed by atoms with Gasteiger partial charge in [0.15, 0.2) is 0 Å². The van der Waals surface area contributed by atoms with E-state index in [9.17, 15) is 17.6 Å². The molecule has 0 unspecified atom stereocenters. The molecule has 0 heterocycles. The molecule has 0 nitrogen and oxygen atoms in total. The molecule has 136 valence electrons. The number of hydrogen-bond acceptors (Lipinski definition) is 0. The summed E-state index contributed by atoms with van der Waals surface area (Å²) < 4.78 is 52.0. The molecule has 1 fully saturated rings. The van der Waals surface area contributed by atoms with Crippen LogP contribution in [0.5, 0.6) is 0 Å². The van der Waals surface area contributed by atoms with Gasteiger partial charge in [0, 0.05) is 0 Å². The van der Waals surface area contributed by atoms with Crippen LogP contribution in [0.4, 0.5) is 17.6 Å². The number of unbranched alkanes of at least 4 members (excludes halogenated alkanes) is 4. The van der Waals surface area contributed by atoms with Crippen LogP contribution in [0.15, 0.2) is 18.2 Å². The van der Waals surface area contributed by atoms with Crippen molar-refractivity contribution in [1.29, 1.82) is 0 Å². The molecule has 1 aliphatic carbocycles. The summed E-state index contributed by atoms with van der Waals surface area (Å²) >= 11 is 0. The molecule has 0 radical (unpaired) electrons. The zero-order valence-corrected chi connectivity index (χ0v) is 14.5. The fourth-order valence-corrected chi connectivity index (χ4v) is 3.83. The Labute approximate surface area is 142 Å². The van der Waals surface area contributed by atoms with Crippen molar-refractivity contribution in [3.05, 3.63) is 35.1 Å². The van der Waals surface area contributed by atoms with Crippen molar-refractivity contribution in [3.8, 4) is 0 Å². The van der Waals surface area contributed by atoms with E-state index in [1.54, 1.807) is 0 Å². The molecule has 1 aliphatic rings. The van der Waals surface area contributed by atoms with Crippen molar-refractivity contribution < 1.29 is 17.6 Å². The fraction of sp³-hybridized carbons (Fsp3) is 0.700. The zero-order chi connectivity index (χ0) is 17.6. The first kappa shape index (κ1) is 19.3. The maximum Gasteiger partial charge on any atom is 0.416 e. The second-order valence-electron chi connectivity index (χ2n) is 7.15. The molecule has 1 aromatic rings.